The fraction of sp³-hybridized carbons (Fsp3) is 0.562. The Kier molecular flexibility index (Phi) is 4.41. The summed E-state index contributed by atoms with van der Waals surface area (Å²) in [6.07, 6.45) is 7.03. The van der Waals surface area contributed by atoms with Gasteiger partial charge in [0, 0.05) is 37.4 Å². The number of ether oxygens (including phenoxy) is 1. The normalized spacial score (nSPS) is 22.0. The van der Waals surface area contributed by atoms with Crippen molar-refractivity contribution in [1.29, 1.82) is 0 Å². The average molecular weight is 289 g/mol. The van der Waals surface area contributed by atoms with Crippen LogP contribution in [0.3, 0.4) is 0 Å². The molecule has 1 aliphatic heterocycles. The zero-order valence-corrected chi connectivity index (χ0v) is 12.7. The van der Waals surface area contributed by atoms with E-state index in [-0.39, 0.29) is 6.10 Å². The summed E-state index contributed by atoms with van der Waals surface area (Å²) in [4.78, 5) is 0. The van der Waals surface area contributed by atoms with Crippen molar-refractivity contribution in [3.8, 4) is 0 Å². The molecule has 2 atom stereocenters. The summed E-state index contributed by atoms with van der Waals surface area (Å²) < 4.78 is 13.3. The molecule has 1 saturated heterocycles. The number of nitrogens with zero attached hydrogens (tertiary/aromatic N) is 2. The van der Waals surface area contributed by atoms with Crippen molar-refractivity contribution in [2.24, 2.45) is 5.92 Å². The number of aryl methyl sites for hydroxylation is 2. The van der Waals surface area contributed by atoms with Gasteiger partial charge in [-0.15, -0.1) is 0 Å². The van der Waals surface area contributed by atoms with Crippen LogP contribution in [0.1, 0.15) is 36.3 Å². The van der Waals surface area contributed by atoms with E-state index in [2.05, 4.69) is 30.5 Å². The molecule has 114 valence electrons. The third-order valence-electron chi connectivity index (χ3n) is 4.18. The van der Waals surface area contributed by atoms with Gasteiger partial charge in [0.05, 0.1) is 25.1 Å². The molecule has 0 amide bonds. The van der Waals surface area contributed by atoms with Gasteiger partial charge >= 0.3 is 0 Å². The Morgan fingerprint density at radius 1 is 1.48 bits per heavy atom. The van der Waals surface area contributed by atoms with Crippen molar-refractivity contribution >= 4 is 0 Å². The van der Waals surface area contributed by atoms with E-state index < -0.39 is 0 Å². The van der Waals surface area contributed by atoms with Gasteiger partial charge in [0.15, 0.2) is 0 Å². The summed E-state index contributed by atoms with van der Waals surface area (Å²) in [5.74, 6) is 1.51. The first-order valence-electron chi connectivity index (χ1n) is 7.65. The minimum absolute atomic E-state index is 0.162. The van der Waals surface area contributed by atoms with Gasteiger partial charge in [-0.3, -0.25) is 4.68 Å². The number of furan rings is 1. The average Bonchev–Trinajstić information content (AvgIpc) is 3.20. The quantitative estimate of drug-likeness (QED) is 0.888. The summed E-state index contributed by atoms with van der Waals surface area (Å²) in [5, 5.41) is 7.84. The number of hydrogen-bond acceptors (Lipinski definition) is 4. The third-order valence-corrected chi connectivity index (χ3v) is 4.18. The zero-order valence-electron chi connectivity index (χ0n) is 12.7. The molecular formula is C16H23N3O2. The third kappa shape index (κ3) is 3.19. The molecule has 2 unspecified atom stereocenters. The van der Waals surface area contributed by atoms with Crippen LogP contribution >= 0.6 is 0 Å². The van der Waals surface area contributed by atoms with Gasteiger partial charge in [-0.25, -0.2) is 0 Å². The lowest BCUT2D eigenvalue weighted by molar-refractivity contribution is 0.0902. The minimum atomic E-state index is 0.162. The monoisotopic (exact) mass is 289 g/mol. The molecule has 3 rings (SSSR count). The second-order valence-corrected chi connectivity index (χ2v) is 5.63. The SMILES string of the molecule is CCn1cc(C2OCCC2CNCc2occc2C)cn1. The van der Waals surface area contributed by atoms with E-state index in [0.717, 1.165) is 38.4 Å². The van der Waals surface area contributed by atoms with Crippen molar-refractivity contribution in [2.45, 2.75) is 39.5 Å². The lowest BCUT2D eigenvalue weighted by Crippen LogP contribution is -2.24. The molecule has 0 aromatic carbocycles. The maximum atomic E-state index is 5.90. The molecule has 0 bridgehead atoms. The van der Waals surface area contributed by atoms with Crippen molar-refractivity contribution < 1.29 is 9.15 Å². The van der Waals surface area contributed by atoms with Crippen molar-refractivity contribution in [2.75, 3.05) is 13.2 Å². The summed E-state index contributed by atoms with van der Waals surface area (Å²) in [5.41, 5.74) is 2.39. The highest BCUT2D eigenvalue weighted by Crippen LogP contribution is 2.33. The van der Waals surface area contributed by atoms with Gasteiger partial charge in [0.1, 0.15) is 5.76 Å². The minimum Gasteiger partial charge on any atom is -0.468 e. The molecule has 2 aromatic heterocycles. The van der Waals surface area contributed by atoms with Crippen molar-refractivity contribution in [1.82, 2.24) is 15.1 Å². The summed E-state index contributed by atoms with van der Waals surface area (Å²) in [6.45, 7) is 7.60. The molecule has 0 radical (unpaired) electrons. The van der Waals surface area contributed by atoms with Crippen LogP contribution in [0.5, 0.6) is 0 Å². The van der Waals surface area contributed by atoms with Gasteiger partial charge in [-0.2, -0.15) is 5.10 Å². The molecule has 2 aromatic rings. The largest absolute Gasteiger partial charge is 0.468 e. The van der Waals surface area contributed by atoms with E-state index in [9.17, 15) is 0 Å². The van der Waals surface area contributed by atoms with Crippen molar-refractivity contribution in [3.05, 3.63) is 41.6 Å². The van der Waals surface area contributed by atoms with Gasteiger partial charge < -0.3 is 14.5 Å². The Morgan fingerprint density at radius 2 is 2.38 bits per heavy atom. The van der Waals surface area contributed by atoms with Crippen LogP contribution in [0.4, 0.5) is 0 Å². The van der Waals surface area contributed by atoms with Gasteiger partial charge in [-0.05, 0) is 31.9 Å². The first-order chi connectivity index (χ1) is 10.3. The Balaban J connectivity index is 1.55. The van der Waals surface area contributed by atoms with Gasteiger partial charge in [0.2, 0.25) is 0 Å². The standard InChI is InChI=1S/C16H23N3O2/c1-3-19-11-14(9-18-19)16-13(5-7-21-16)8-17-10-15-12(2)4-6-20-15/h4,6,9,11,13,16-17H,3,5,7-8,10H2,1-2H3. The summed E-state index contributed by atoms with van der Waals surface area (Å²) in [7, 11) is 0. The first-order valence-corrected chi connectivity index (χ1v) is 7.65. The Hall–Kier alpha value is -1.59. The number of hydrogen-bond donors (Lipinski definition) is 1. The number of nitrogens with one attached hydrogen (secondary N) is 1. The molecule has 3 heterocycles. The van der Waals surface area contributed by atoms with Crippen LogP contribution in [0.15, 0.2) is 29.1 Å². The highest BCUT2D eigenvalue weighted by molar-refractivity contribution is 5.14. The highest BCUT2D eigenvalue weighted by atomic mass is 16.5. The second-order valence-electron chi connectivity index (χ2n) is 5.63. The maximum absolute atomic E-state index is 5.90. The van der Waals surface area contributed by atoms with Crippen LogP contribution in [-0.2, 0) is 17.8 Å². The molecule has 21 heavy (non-hydrogen) atoms. The molecule has 5 nitrogen and oxygen atoms in total. The fourth-order valence-corrected chi connectivity index (χ4v) is 2.87. The number of aromatic nitrogens is 2. The highest BCUT2D eigenvalue weighted by Gasteiger charge is 2.30. The molecule has 5 heteroatoms. The second kappa shape index (κ2) is 6.45. The van der Waals surface area contributed by atoms with Gasteiger partial charge in [0.25, 0.3) is 0 Å². The lowest BCUT2D eigenvalue weighted by atomic mass is 9.97. The van der Waals surface area contributed by atoms with E-state index in [4.69, 9.17) is 9.15 Å². The van der Waals surface area contributed by atoms with E-state index in [1.165, 1.54) is 11.1 Å². The Bertz CT molecular complexity index is 576. The van der Waals surface area contributed by atoms with E-state index in [0.29, 0.717) is 5.92 Å². The predicted octanol–water partition coefficient (Wildman–Crippen LogP) is 2.67. The molecule has 1 fully saturated rings. The topological polar surface area (TPSA) is 52.2 Å². The lowest BCUT2D eigenvalue weighted by Gasteiger charge is -2.17. The van der Waals surface area contributed by atoms with E-state index >= 15 is 0 Å². The summed E-state index contributed by atoms with van der Waals surface area (Å²) >= 11 is 0. The molecule has 0 spiro atoms. The Labute approximate surface area is 125 Å². The van der Waals surface area contributed by atoms with Crippen LogP contribution in [0.2, 0.25) is 0 Å². The van der Waals surface area contributed by atoms with Crippen LogP contribution < -0.4 is 5.32 Å². The molecule has 0 saturated carbocycles. The van der Waals surface area contributed by atoms with E-state index in [1.54, 1.807) is 6.26 Å². The molecule has 0 aliphatic carbocycles. The maximum Gasteiger partial charge on any atom is 0.120 e. The smallest absolute Gasteiger partial charge is 0.120 e. The summed E-state index contributed by atoms with van der Waals surface area (Å²) in [6, 6.07) is 2.00. The van der Waals surface area contributed by atoms with Crippen LogP contribution in [0, 0.1) is 12.8 Å². The fourth-order valence-electron chi connectivity index (χ4n) is 2.87. The van der Waals surface area contributed by atoms with Crippen LogP contribution in [0.25, 0.3) is 0 Å². The predicted molar refractivity (Wildman–Crippen MR) is 79.9 cm³/mol. The van der Waals surface area contributed by atoms with E-state index in [1.807, 2.05) is 16.9 Å². The molecular weight excluding hydrogens is 266 g/mol. The zero-order chi connectivity index (χ0) is 14.7. The Morgan fingerprint density at radius 3 is 3.10 bits per heavy atom. The van der Waals surface area contributed by atoms with Crippen LogP contribution in [-0.4, -0.2) is 22.9 Å². The van der Waals surface area contributed by atoms with Gasteiger partial charge in [-0.1, -0.05) is 0 Å². The molecule has 1 aliphatic rings. The molecule has 1 N–H and O–H groups in total. The van der Waals surface area contributed by atoms with Crippen molar-refractivity contribution in [3.63, 3.8) is 0 Å². The number of rotatable bonds is 6. The first kappa shape index (κ1) is 14.4.